The molecule has 0 aliphatic heterocycles. The largest absolute Gasteiger partial charge is 0.464 e. The van der Waals surface area contributed by atoms with Gasteiger partial charge in [-0.3, -0.25) is 9.59 Å². The quantitative estimate of drug-likeness (QED) is 0.453. The lowest BCUT2D eigenvalue weighted by Gasteiger charge is -2.24. The minimum Gasteiger partial charge on any atom is -0.464 e. The van der Waals surface area contributed by atoms with Gasteiger partial charge in [-0.15, -0.1) is 0 Å². The van der Waals surface area contributed by atoms with Crippen molar-refractivity contribution < 1.29 is 19.1 Å². The first-order valence-corrected chi connectivity index (χ1v) is 10.4. The van der Waals surface area contributed by atoms with E-state index in [1.54, 1.807) is 40.7 Å². The maximum absolute atomic E-state index is 13.3. The molecule has 0 radical (unpaired) electrons. The Kier molecular flexibility index (Phi) is 7.84. The third kappa shape index (κ3) is 4.93. The van der Waals surface area contributed by atoms with Gasteiger partial charge in [0.2, 0.25) is 0 Å². The van der Waals surface area contributed by atoms with Gasteiger partial charge in [0.15, 0.2) is 5.78 Å². The fourth-order valence-electron chi connectivity index (χ4n) is 3.75. The Balaban J connectivity index is 2.41. The number of carbonyl (C=O) groups excluding carboxylic acids is 3. The molecule has 0 aliphatic carbocycles. The monoisotopic (exact) mass is 432 g/mol. The van der Waals surface area contributed by atoms with Gasteiger partial charge in [0, 0.05) is 34.9 Å². The topological polar surface area (TPSA) is 68.6 Å². The van der Waals surface area contributed by atoms with Crippen molar-refractivity contribution in [1.82, 2.24) is 9.47 Å². The van der Waals surface area contributed by atoms with Crippen molar-refractivity contribution in [2.24, 2.45) is 5.92 Å². The van der Waals surface area contributed by atoms with Crippen molar-refractivity contribution >= 4 is 29.3 Å². The van der Waals surface area contributed by atoms with Crippen molar-refractivity contribution in [3.05, 3.63) is 57.4 Å². The fraction of sp³-hybridized carbons (Fsp3) is 0.435. The van der Waals surface area contributed by atoms with Gasteiger partial charge in [0.05, 0.1) is 13.7 Å². The molecular formula is C23H29ClN2O4. The summed E-state index contributed by atoms with van der Waals surface area (Å²) in [4.78, 5) is 40.2. The molecule has 0 spiro atoms. The zero-order valence-corrected chi connectivity index (χ0v) is 19.2. The van der Waals surface area contributed by atoms with Crippen LogP contribution in [0.15, 0.2) is 24.3 Å². The first-order valence-electron chi connectivity index (χ1n) is 9.98. The lowest BCUT2D eigenvalue weighted by molar-refractivity contribution is 0.0587. The molecule has 0 bridgehead atoms. The minimum absolute atomic E-state index is 0.0737. The van der Waals surface area contributed by atoms with Crippen molar-refractivity contribution in [3.8, 4) is 0 Å². The van der Waals surface area contributed by atoms with Gasteiger partial charge in [-0.2, -0.15) is 0 Å². The van der Waals surface area contributed by atoms with Crippen molar-refractivity contribution in [2.45, 2.75) is 41.2 Å². The molecule has 0 unspecified atom stereocenters. The number of ether oxygens (including phenoxy) is 1. The molecule has 0 saturated carbocycles. The Bertz CT molecular complexity index is 945. The van der Waals surface area contributed by atoms with Crippen LogP contribution in [0.2, 0.25) is 5.02 Å². The Morgan fingerprint density at radius 2 is 1.73 bits per heavy atom. The number of nitrogens with zero attached hydrogens (tertiary/aromatic N) is 2. The lowest BCUT2D eigenvalue weighted by Crippen LogP contribution is -2.38. The number of Topliss-reactive ketones (excluding diaryl/α,β-unsaturated/α-hetero) is 1. The average Bonchev–Trinajstić information content (AvgIpc) is 2.96. The van der Waals surface area contributed by atoms with Crippen molar-refractivity contribution in [3.63, 3.8) is 0 Å². The van der Waals surface area contributed by atoms with Gasteiger partial charge in [0.25, 0.3) is 5.91 Å². The van der Waals surface area contributed by atoms with Crippen LogP contribution >= 0.6 is 11.6 Å². The highest BCUT2D eigenvalue weighted by molar-refractivity contribution is 6.30. The third-order valence-electron chi connectivity index (χ3n) is 5.04. The molecule has 1 aromatic heterocycles. The summed E-state index contributed by atoms with van der Waals surface area (Å²) >= 11 is 5.93. The Hall–Kier alpha value is -2.60. The van der Waals surface area contributed by atoms with Crippen LogP contribution in [-0.4, -0.2) is 47.3 Å². The molecule has 1 amide bonds. The molecule has 0 fully saturated rings. The highest BCUT2D eigenvalue weighted by Gasteiger charge is 2.28. The van der Waals surface area contributed by atoms with E-state index in [0.29, 0.717) is 46.2 Å². The molecular weight excluding hydrogens is 404 g/mol. The van der Waals surface area contributed by atoms with Gasteiger partial charge >= 0.3 is 5.97 Å². The van der Waals surface area contributed by atoms with E-state index in [1.165, 1.54) is 7.11 Å². The molecule has 0 saturated heterocycles. The zero-order valence-electron chi connectivity index (χ0n) is 18.4. The number of methoxy groups -OCH3 is 1. The van der Waals surface area contributed by atoms with Gasteiger partial charge < -0.3 is 14.2 Å². The predicted octanol–water partition coefficient (Wildman–Crippen LogP) is 4.55. The summed E-state index contributed by atoms with van der Waals surface area (Å²) in [5, 5.41) is 0.542. The molecule has 2 aromatic rings. The van der Waals surface area contributed by atoms with E-state index >= 15 is 0 Å². The summed E-state index contributed by atoms with van der Waals surface area (Å²) in [6, 6.07) is 6.62. The van der Waals surface area contributed by atoms with Crippen LogP contribution < -0.4 is 0 Å². The van der Waals surface area contributed by atoms with Crippen molar-refractivity contribution in [1.29, 1.82) is 0 Å². The molecule has 1 heterocycles. The van der Waals surface area contributed by atoms with E-state index in [1.807, 2.05) is 27.7 Å². The highest BCUT2D eigenvalue weighted by Crippen LogP contribution is 2.24. The summed E-state index contributed by atoms with van der Waals surface area (Å²) in [7, 11) is 1.32. The van der Waals surface area contributed by atoms with Crippen LogP contribution in [0.3, 0.4) is 0 Å². The standard InChI is InChI=1S/C23H29ClN2O4/c1-7-26-16(5)20(15(4)21(26)23(29)30-6)19(27)13-25(12-14(2)3)22(28)17-8-10-18(24)11-9-17/h8-11,14H,7,12-13H2,1-6H3. The Morgan fingerprint density at radius 1 is 1.13 bits per heavy atom. The summed E-state index contributed by atoms with van der Waals surface area (Å²) in [6.07, 6.45) is 0. The molecule has 0 aliphatic rings. The van der Waals surface area contributed by atoms with Crippen LogP contribution in [0, 0.1) is 19.8 Å². The highest BCUT2D eigenvalue weighted by atomic mass is 35.5. The second kappa shape index (κ2) is 9.94. The maximum Gasteiger partial charge on any atom is 0.354 e. The number of esters is 1. The Labute approximate surface area is 182 Å². The van der Waals surface area contributed by atoms with E-state index in [-0.39, 0.29) is 24.2 Å². The molecule has 0 atom stereocenters. The van der Waals surface area contributed by atoms with Gasteiger partial charge in [-0.25, -0.2) is 4.79 Å². The van der Waals surface area contributed by atoms with Crippen LogP contribution in [0.25, 0.3) is 0 Å². The summed E-state index contributed by atoms with van der Waals surface area (Å²) in [5.41, 5.74) is 2.59. The molecule has 1 aromatic carbocycles. The minimum atomic E-state index is -0.479. The second-order valence-electron chi connectivity index (χ2n) is 7.68. The SMILES string of the molecule is CCn1c(C)c(C(=O)CN(CC(C)C)C(=O)c2ccc(Cl)cc2)c(C)c1C(=O)OC. The van der Waals surface area contributed by atoms with E-state index in [0.717, 1.165) is 0 Å². The average molecular weight is 433 g/mol. The van der Waals surface area contributed by atoms with E-state index in [2.05, 4.69) is 0 Å². The molecule has 0 N–H and O–H groups in total. The maximum atomic E-state index is 13.3. The van der Waals surface area contributed by atoms with E-state index in [4.69, 9.17) is 16.3 Å². The number of rotatable bonds is 8. The van der Waals surface area contributed by atoms with Gasteiger partial charge in [-0.05, 0) is 56.5 Å². The van der Waals surface area contributed by atoms with Crippen molar-refractivity contribution in [2.75, 3.05) is 20.2 Å². The zero-order chi connectivity index (χ0) is 22.6. The Morgan fingerprint density at radius 3 is 2.23 bits per heavy atom. The first kappa shape index (κ1) is 23.7. The summed E-state index contributed by atoms with van der Waals surface area (Å²) in [6.45, 7) is 10.3. The second-order valence-corrected chi connectivity index (χ2v) is 8.12. The third-order valence-corrected chi connectivity index (χ3v) is 5.29. The number of aromatic nitrogens is 1. The molecule has 6 nitrogen and oxygen atoms in total. The predicted molar refractivity (Wildman–Crippen MR) is 117 cm³/mol. The normalized spacial score (nSPS) is 10.9. The summed E-state index contributed by atoms with van der Waals surface area (Å²) < 4.78 is 6.68. The fourth-order valence-corrected chi connectivity index (χ4v) is 3.87. The summed E-state index contributed by atoms with van der Waals surface area (Å²) in [5.74, 6) is -0.729. The van der Waals surface area contributed by atoms with Gasteiger partial charge in [-0.1, -0.05) is 25.4 Å². The number of amides is 1. The molecule has 2 rings (SSSR count). The van der Waals surface area contributed by atoms with E-state index < -0.39 is 5.97 Å². The smallest absolute Gasteiger partial charge is 0.354 e. The van der Waals surface area contributed by atoms with Crippen LogP contribution in [-0.2, 0) is 11.3 Å². The number of halogens is 1. The molecule has 30 heavy (non-hydrogen) atoms. The number of carbonyl (C=O) groups is 3. The first-order chi connectivity index (χ1) is 14.1. The number of ketones is 1. The molecule has 7 heteroatoms. The lowest BCUT2D eigenvalue weighted by atomic mass is 10.0. The van der Waals surface area contributed by atoms with Gasteiger partial charge in [0.1, 0.15) is 5.69 Å². The number of hydrogen-bond donors (Lipinski definition) is 0. The van der Waals surface area contributed by atoms with Crippen LogP contribution in [0.4, 0.5) is 0 Å². The number of hydrogen-bond acceptors (Lipinski definition) is 4. The molecule has 162 valence electrons. The van der Waals surface area contributed by atoms with E-state index in [9.17, 15) is 14.4 Å². The van der Waals surface area contributed by atoms with Crippen LogP contribution in [0.1, 0.15) is 63.2 Å². The van der Waals surface area contributed by atoms with Crippen LogP contribution in [0.5, 0.6) is 0 Å². The number of benzene rings is 1.